The van der Waals surface area contributed by atoms with Gasteiger partial charge in [0.15, 0.2) is 0 Å². The van der Waals surface area contributed by atoms with Gasteiger partial charge in [-0.25, -0.2) is 0 Å². The Labute approximate surface area is 176 Å². The molecule has 0 bridgehead atoms. The second kappa shape index (κ2) is 19.7. The number of carbonyl (C=O) groups is 1. The van der Waals surface area contributed by atoms with Crippen molar-refractivity contribution >= 4 is 51.5 Å². The van der Waals surface area contributed by atoms with Gasteiger partial charge in [0.05, 0.1) is 6.10 Å². The van der Waals surface area contributed by atoms with Crippen molar-refractivity contribution in [3.8, 4) is 0 Å². The van der Waals surface area contributed by atoms with Gasteiger partial charge >= 0.3 is 51.5 Å². The van der Waals surface area contributed by atoms with Gasteiger partial charge < -0.3 is 13.1 Å². The van der Waals surface area contributed by atoms with Crippen LogP contribution in [0.15, 0.2) is 12.2 Å². The van der Waals surface area contributed by atoms with E-state index in [1.165, 1.54) is 25.7 Å². The van der Waals surface area contributed by atoms with E-state index in [4.69, 9.17) is 5.11 Å². The zero-order valence-electron chi connectivity index (χ0n) is 16.4. The molecule has 0 unspecified atom stereocenters. The number of aliphatic hydroxyl groups is 1. The van der Waals surface area contributed by atoms with Crippen molar-refractivity contribution in [2.45, 2.75) is 96.5 Å². The number of aliphatic hydroxyl groups excluding tert-OH is 1. The number of rotatable bonds is 15. The van der Waals surface area contributed by atoms with Crippen LogP contribution in [0.2, 0.25) is 0 Å². The minimum absolute atomic E-state index is 0. The summed E-state index contributed by atoms with van der Waals surface area (Å²) in [4.78, 5) is 10.3. The summed E-state index contributed by atoms with van der Waals surface area (Å²) in [5.41, 5.74) is 0. The topological polar surface area (TPSA) is 57.5 Å². The molecule has 0 saturated heterocycles. The quantitative estimate of drug-likeness (QED) is 0.238. The molecule has 0 aliphatic heterocycles. The van der Waals surface area contributed by atoms with Crippen molar-refractivity contribution < 1.29 is 17.9 Å². The van der Waals surface area contributed by atoms with Crippen LogP contribution < -0.4 is 0 Å². The van der Waals surface area contributed by atoms with E-state index in [9.17, 15) is 9.90 Å². The maximum atomic E-state index is 10.3. The Kier molecular flexibility index (Phi) is 22.3. The standard InChI is InChI=1S/C18H34O3.Sr.2H/c1-2-3-4-11-14-17(19)15-12-9-7-5-6-8-10-13-16-18(20)21;;;/h9,12,17,19H,2-8,10-11,13-16H2,1H3,(H,20,21);;;/q;+2;2*-1/b12-9-;;;/t17-;;;/m1.../s1. The van der Waals surface area contributed by atoms with E-state index in [0.29, 0.717) is 6.42 Å². The van der Waals surface area contributed by atoms with Crippen molar-refractivity contribution in [3.05, 3.63) is 12.2 Å². The Hall–Kier alpha value is 0.651. The molecule has 0 aliphatic carbocycles. The van der Waals surface area contributed by atoms with Gasteiger partial charge in [0.25, 0.3) is 0 Å². The second-order valence-corrected chi connectivity index (χ2v) is 5.91. The van der Waals surface area contributed by atoms with Crippen molar-refractivity contribution in [1.82, 2.24) is 0 Å². The van der Waals surface area contributed by atoms with Gasteiger partial charge in [0.1, 0.15) is 0 Å². The molecule has 2 N–H and O–H groups in total. The molecule has 4 heteroatoms. The van der Waals surface area contributed by atoms with Crippen LogP contribution in [0.5, 0.6) is 0 Å². The second-order valence-electron chi connectivity index (χ2n) is 5.91. The molecule has 128 valence electrons. The Morgan fingerprint density at radius 1 is 1.00 bits per heavy atom. The molecular weight excluding hydrogens is 352 g/mol. The third kappa shape index (κ3) is 20.7. The van der Waals surface area contributed by atoms with Gasteiger partial charge in [-0.2, -0.15) is 0 Å². The minimum atomic E-state index is -0.689. The number of hydrogen-bond donors (Lipinski definition) is 2. The summed E-state index contributed by atoms with van der Waals surface area (Å²) in [5, 5.41) is 18.3. The number of unbranched alkanes of at least 4 members (excludes halogenated alkanes) is 8. The van der Waals surface area contributed by atoms with Crippen LogP contribution in [0.3, 0.4) is 0 Å². The third-order valence-corrected chi connectivity index (χ3v) is 3.73. The summed E-state index contributed by atoms with van der Waals surface area (Å²) in [6.45, 7) is 2.20. The van der Waals surface area contributed by atoms with Crippen LogP contribution in [-0.2, 0) is 4.79 Å². The zero-order chi connectivity index (χ0) is 15.8. The maximum absolute atomic E-state index is 10.3. The predicted octanol–water partition coefficient (Wildman–Crippen LogP) is 4.92. The Morgan fingerprint density at radius 2 is 1.64 bits per heavy atom. The zero-order valence-corrected chi connectivity index (χ0v) is 17.9. The maximum Gasteiger partial charge on any atom is 2.00 e. The SMILES string of the molecule is CCCCCC[C@@H](O)C/C=C\CCCCCCCC(=O)O.[H-].[H-].[Sr+2]. The fourth-order valence-electron chi connectivity index (χ4n) is 2.36. The van der Waals surface area contributed by atoms with Gasteiger partial charge in [0.2, 0.25) is 0 Å². The van der Waals surface area contributed by atoms with Gasteiger partial charge in [-0.05, 0) is 32.1 Å². The summed E-state index contributed by atoms with van der Waals surface area (Å²) in [6.07, 6.45) is 17.4. The molecule has 3 nitrogen and oxygen atoms in total. The third-order valence-electron chi connectivity index (χ3n) is 3.73. The van der Waals surface area contributed by atoms with Crippen molar-refractivity contribution in [2.75, 3.05) is 0 Å². The molecule has 0 amide bonds. The van der Waals surface area contributed by atoms with Crippen molar-refractivity contribution in [2.24, 2.45) is 0 Å². The molecule has 0 aromatic carbocycles. The van der Waals surface area contributed by atoms with Crippen molar-refractivity contribution in [1.29, 1.82) is 0 Å². The van der Waals surface area contributed by atoms with E-state index in [-0.39, 0.29) is 54.4 Å². The van der Waals surface area contributed by atoms with E-state index in [1.807, 2.05) is 0 Å². The number of aliphatic carboxylic acids is 1. The smallest absolute Gasteiger partial charge is 1.00 e. The van der Waals surface area contributed by atoms with Crippen LogP contribution >= 0.6 is 0 Å². The number of carboxylic acid groups (broad SMARTS) is 1. The van der Waals surface area contributed by atoms with Crippen molar-refractivity contribution in [3.63, 3.8) is 0 Å². The van der Waals surface area contributed by atoms with E-state index in [2.05, 4.69) is 19.1 Å². The van der Waals surface area contributed by atoms with Gasteiger partial charge in [0, 0.05) is 6.42 Å². The first-order valence-electron chi connectivity index (χ1n) is 8.71. The molecule has 0 rings (SSSR count). The van der Waals surface area contributed by atoms with E-state index >= 15 is 0 Å². The van der Waals surface area contributed by atoms with Crippen LogP contribution in [0.1, 0.15) is 93.2 Å². The predicted molar refractivity (Wildman–Crippen MR) is 96.5 cm³/mol. The average molecular weight is 388 g/mol. The monoisotopic (exact) mass is 388 g/mol. The number of carboxylic acids is 1. The first-order valence-corrected chi connectivity index (χ1v) is 8.71. The molecule has 0 radical (unpaired) electrons. The molecule has 0 saturated carbocycles. The Morgan fingerprint density at radius 3 is 2.32 bits per heavy atom. The average Bonchev–Trinajstić information content (AvgIpc) is 2.45. The first kappa shape index (κ1) is 24.9. The summed E-state index contributed by atoms with van der Waals surface area (Å²) in [7, 11) is 0. The van der Waals surface area contributed by atoms with Crippen LogP contribution in [-0.4, -0.2) is 67.8 Å². The van der Waals surface area contributed by atoms with Crippen LogP contribution in [0.25, 0.3) is 0 Å². The van der Waals surface area contributed by atoms with Crippen LogP contribution in [0, 0.1) is 0 Å². The molecule has 0 aliphatic rings. The summed E-state index contributed by atoms with van der Waals surface area (Å²) in [5.74, 6) is -0.689. The molecule has 1 atom stereocenters. The Bertz CT molecular complexity index is 277. The molecule has 22 heavy (non-hydrogen) atoms. The Balaban J connectivity index is -0.000000667. The molecular formula is C18H36O3Sr. The summed E-state index contributed by atoms with van der Waals surface area (Å²) >= 11 is 0. The molecule has 0 heterocycles. The summed E-state index contributed by atoms with van der Waals surface area (Å²) < 4.78 is 0. The molecule has 0 aromatic heterocycles. The molecule has 0 spiro atoms. The fourth-order valence-corrected chi connectivity index (χ4v) is 2.36. The van der Waals surface area contributed by atoms with Crippen LogP contribution in [0.4, 0.5) is 0 Å². The molecule has 0 fully saturated rings. The molecule has 0 aromatic rings. The number of allylic oxidation sites excluding steroid dienone is 1. The first-order chi connectivity index (χ1) is 10.2. The van der Waals surface area contributed by atoms with E-state index in [0.717, 1.165) is 51.4 Å². The van der Waals surface area contributed by atoms with E-state index < -0.39 is 5.97 Å². The largest absolute Gasteiger partial charge is 2.00 e. The normalized spacial score (nSPS) is 12.3. The minimum Gasteiger partial charge on any atom is -1.00 e. The summed E-state index contributed by atoms with van der Waals surface area (Å²) in [6, 6.07) is 0. The fraction of sp³-hybridized carbons (Fsp3) is 0.833. The van der Waals surface area contributed by atoms with Gasteiger partial charge in [-0.1, -0.05) is 64.0 Å². The van der Waals surface area contributed by atoms with Gasteiger partial charge in [-0.3, -0.25) is 4.79 Å². The number of hydrogen-bond acceptors (Lipinski definition) is 2. The van der Waals surface area contributed by atoms with Gasteiger partial charge in [-0.15, -0.1) is 0 Å². The van der Waals surface area contributed by atoms with E-state index in [1.54, 1.807) is 0 Å².